The van der Waals surface area contributed by atoms with E-state index in [-0.39, 0.29) is 23.4 Å². The lowest BCUT2D eigenvalue weighted by atomic mass is 10.1. The van der Waals surface area contributed by atoms with Crippen LogP contribution in [0.4, 0.5) is 5.69 Å². The molecule has 4 rings (SSSR count). The summed E-state index contributed by atoms with van der Waals surface area (Å²) >= 11 is 6.45. The van der Waals surface area contributed by atoms with Crippen molar-refractivity contribution in [2.24, 2.45) is 0 Å². The predicted molar refractivity (Wildman–Crippen MR) is 165 cm³/mol. The number of anilines is 1. The quantitative estimate of drug-likeness (QED) is 0.283. The Balaban J connectivity index is 1.69. The van der Waals surface area contributed by atoms with Gasteiger partial charge in [-0.1, -0.05) is 60.3 Å². The third kappa shape index (κ3) is 7.63. The number of hydrogen-bond donors (Lipinski definition) is 1. The molecule has 10 heteroatoms. The van der Waals surface area contributed by atoms with Crippen LogP contribution in [0.2, 0.25) is 5.02 Å². The number of nitrogens with zero attached hydrogens (tertiary/aromatic N) is 2. The van der Waals surface area contributed by atoms with Gasteiger partial charge in [-0.2, -0.15) is 0 Å². The molecule has 0 spiro atoms. The fourth-order valence-corrected chi connectivity index (χ4v) is 6.64. The molecule has 3 aromatic carbocycles. The number of benzene rings is 3. The molecule has 0 saturated heterocycles. The molecular formula is C32H38ClN3O5S. The van der Waals surface area contributed by atoms with Crippen molar-refractivity contribution in [3.63, 3.8) is 0 Å². The Labute approximate surface area is 253 Å². The van der Waals surface area contributed by atoms with Crippen LogP contribution in [0, 0.1) is 6.92 Å². The van der Waals surface area contributed by atoms with Gasteiger partial charge in [-0.15, -0.1) is 0 Å². The molecule has 1 fully saturated rings. The Kier molecular flexibility index (Phi) is 10.5. The van der Waals surface area contributed by atoms with Crippen molar-refractivity contribution >= 4 is 39.1 Å². The van der Waals surface area contributed by atoms with Crippen LogP contribution in [-0.2, 0) is 26.2 Å². The molecule has 2 amide bonds. The van der Waals surface area contributed by atoms with Crippen molar-refractivity contribution < 1.29 is 22.7 Å². The van der Waals surface area contributed by atoms with Gasteiger partial charge < -0.3 is 15.0 Å². The minimum atomic E-state index is -4.15. The van der Waals surface area contributed by atoms with E-state index in [1.54, 1.807) is 67.6 Å². The van der Waals surface area contributed by atoms with E-state index in [1.807, 2.05) is 13.8 Å². The van der Waals surface area contributed by atoms with Crippen LogP contribution in [0.5, 0.6) is 5.75 Å². The zero-order chi connectivity index (χ0) is 30.3. The SMILES string of the molecule is CCOc1ccc(N(CC(=O)N(Cc2ccccc2Cl)C(C)C(=O)NC2CCCC2)S(=O)(=O)c2ccc(C)cc2)cc1. The number of nitrogens with one attached hydrogen (secondary N) is 1. The number of hydrogen-bond acceptors (Lipinski definition) is 5. The number of carbonyl (C=O) groups is 2. The first-order valence-electron chi connectivity index (χ1n) is 14.3. The van der Waals surface area contributed by atoms with E-state index in [9.17, 15) is 18.0 Å². The van der Waals surface area contributed by atoms with Gasteiger partial charge in [0.25, 0.3) is 10.0 Å². The van der Waals surface area contributed by atoms with Crippen LogP contribution in [0.3, 0.4) is 0 Å². The summed E-state index contributed by atoms with van der Waals surface area (Å²) in [5, 5.41) is 3.52. The van der Waals surface area contributed by atoms with E-state index in [0.29, 0.717) is 28.6 Å². The zero-order valence-electron chi connectivity index (χ0n) is 24.3. The van der Waals surface area contributed by atoms with E-state index < -0.39 is 28.5 Å². The number of ether oxygens (including phenoxy) is 1. The van der Waals surface area contributed by atoms with Crippen LogP contribution >= 0.6 is 11.6 Å². The summed E-state index contributed by atoms with van der Waals surface area (Å²) < 4.78 is 34.6. The second-order valence-corrected chi connectivity index (χ2v) is 12.8. The van der Waals surface area contributed by atoms with Crippen molar-refractivity contribution in [1.82, 2.24) is 10.2 Å². The molecule has 1 saturated carbocycles. The van der Waals surface area contributed by atoms with E-state index in [4.69, 9.17) is 16.3 Å². The van der Waals surface area contributed by atoms with Crippen LogP contribution in [0.1, 0.15) is 50.7 Å². The highest BCUT2D eigenvalue weighted by molar-refractivity contribution is 7.92. The molecule has 1 N–H and O–H groups in total. The maximum atomic E-state index is 14.1. The van der Waals surface area contributed by atoms with Crippen molar-refractivity contribution in [1.29, 1.82) is 0 Å². The first-order valence-corrected chi connectivity index (χ1v) is 16.1. The first kappa shape index (κ1) is 31.4. The number of amides is 2. The molecule has 42 heavy (non-hydrogen) atoms. The van der Waals surface area contributed by atoms with Crippen molar-refractivity contribution in [2.45, 2.75) is 70.0 Å². The Morgan fingerprint density at radius 1 is 1.00 bits per heavy atom. The molecule has 0 aromatic heterocycles. The second-order valence-electron chi connectivity index (χ2n) is 10.5. The smallest absolute Gasteiger partial charge is 0.264 e. The van der Waals surface area contributed by atoms with Crippen molar-refractivity contribution in [3.8, 4) is 5.75 Å². The summed E-state index contributed by atoms with van der Waals surface area (Å²) in [7, 11) is -4.15. The number of sulfonamides is 1. The Hall–Kier alpha value is -3.56. The molecule has 1 unspecified atom stereocenters. The van der Waals surface area contributed by atoms with Gasteiger partial charge in [0.05, 0.1) is 17.2 Å². The second kappa shape index (κ2) is 14.1. The highest BCUT2D eigenvalue weighted by atomic mass is 35.5. The predicted octanol–water partition coefficient (Wildman–Crippen LogP) is 5.72. The van der Waals surface area contributed by atoms with Gasteiger partial charge in [0.15, 0.2) is 0 Å². The molecule has 1 aliphatic rings. The summed E-state index contributed by atoms with van der Waals surface area (Å²) in [6.07, 6.45) is 3.90. The maximum absolute atomic E-state index is 14.1. The van der Waals surface area contributed by atoms with Gasteiger partial charge in [0.2, 0.25) is 11.8 Å². The largest absolute Gasteiger partial charge is 0.494 e. The molecule has 1 atom stereocenters. The Morgan fingerprint density at radius 2 is 1.64 bits per heavy atom. The minimum absolute atomic E-state index is 0.0411. The lowest BCUT2D eigenvalue weighted by molar-refractivity contribution is -0.139. The summed E-state index contributed by atoms with van der Waals surface area (Å²) in [6, 6.07) is 19.3. The fraction of sp³-hybridized carbons (Fsp3) is 0.375. The highest BCUT2D eigenvalue weighted by Gasteiger charge is 2.33. The molecule has 0 aliphatic heterocycles. The Bertz CT molecular complexity index is 1470. The zero-order valence-corrected chi connectivity index (χ0v) is 25.8. The normalized spacial score (nSPS) is 14.3. The third-order valence-electron chi connectivity index (χ3n) is 7.49. The van der Waals surface area contributed by atoms with Crippen LogP contribution < -0.4 is 14.4 Å². The molecule has 3 aromatic rings. The summed E-state index contributed by atoms with van der Waals surface area (Å²) in [6.45, 7) is 5.37. The monoisotopic (exact) mass is 611 g/mol. The molecule has 8 nitrogen and oxygen atoms in total. The molecule has 224 valence electrons. The van der Waals surface area contributed by atoms with E-state index in [1.165, 1.54) is 17.0 Å². The Morgan fingerprint density at radius 3 is 2.26 bits per heavy atom. The summed E-state index contributed by atoms with van der Waals surface area (Å²) in [4.78, 5) is 28.9. The van der Waals surface area contributed by atoms with Crippen LogP contribution in [0.15, 0.2) is 77.7 Å². The van der Waals surface area contributed by atoms with Gasteiger partial charge >= 0.3 is 0 Å². The topological polar surface area (TPSA) is 96.0 Å². The van der Waals surface area contributed by atoms with Gasteiger partial charge in [0.1, 0.15) is 18.3 Å². The van der Waals surface area contributed by atoms with Gasteiger partial charge in [-0.05, 0) is 81.6 Å². The van der Waals surface area contributed by atoms with Crippen molar-refractivity contribution in [3.05, 3.63) is 88.9 Å². The fourth-order valence-electron chi connectivity index (χ4n) is 5.03. The lowest BCUT2D eigenvalue weighted by Crippen LogP contribution is -2.52. The average molecular weight is 612 g/mol. The summed E-state index contributed by atoms with van der Waals surface area (Å²) in [5.74, 6) is -0.234. The summed E-state index contributed by atoms with van der Waals surface area (Å²) in [5.41, 5.74) is 1.86. The maximum Gasteiger partial charge on any atom is 0.264 e. The van der Waals surface area contributed by atoms with E-state index >= 15 is 0 Å². The number of rotatable bonds is 12. The molecule has 1 aliphatic carbocycles. The van der Waals surface area contributed by atoms with Crippen LogP contribution in [-0.4, -0.2) is 50.4 Å². The number of halogens is 1. The molecule has 0 bridgehead atoms. The van der Waals surface area contributed by atoms with Crippen molar-refractivity contribution in [2.75, 3.05) is 17.5 Å². The minimum Gasteiger partial charge on any atom is -0.494 e. The van der Waals surface area contributed by atoms with Gasteiger partial charge in [-0.25, -0.2) is 8.42 Å². The standard InChI is InChI=1S/C32H38ClN3O5S/c1-4-41-28-17-15-27(16-18-28)36(42(39,40)29-19-13-23(2)14-20-29)22-31(37)35(21-25-9-5-8-12-30(25)33)24(3)32(38)34-26-10-6-7-11-26/h5,8-9,12-20,24,26H,4,6-7,10-11,21-22H2,1-3H3,(H,34,38). The number of aryl methyl sites for hydroxylation is 1. The van der Waals surface area contributed by atoms with Gasteiger partial charge in [0, 0.05) is 17.6 Å². The van der Waals surface area contributed by atoms with Gasteiger partial charge in [-0.3, -0.25) is 13.9 Å². The molecular weight excluding hydrogens is 574 g/mol. The highest BCUT2D eigenvalue weighted by Crippen LogP contribution is 2.27. The molecule has 0 radical (unpaired) electrons. The molecule has 0 heterocycles. The number of carbonyl (C=O) groups excluding carboxylic acids is 2. The first-order chi connectivity index (χ1) is 20.1. The van der Waals surface area contributed by atoms with E-state index in [2.05, 4.69) is 5.32 Å². The third-order valence-corrected chi connectivity index (χ3v) is 9.65. The average Bonchev–Trinajstić information content (AvgIpc) is 3.49. The van der Waals surface area contributed by atoms with E-state index in [0.717, 1.165) is 35.6 Å². The lowest BCUT2D eigenvalue weighted by Gasteiger charge is -2.32. The van der Waals surface area contributed by atoms with Crippen LogP contribution in [0.25, 0.3) is 0 Å².